The fourth-order valence-electron chi connectivity index (χ4n) is 3.04. The number of amides is 2. The standard InChI is InChI=1S/C21H22Cl2N4O3/c1-4-7-27(11-18(28)25-17-6-5-14(22)9-16(17)23)21(29)13-8-15-19(12(2)3)26-30-20(15)24-10-13/h5-6,8-10,12H,4,7,11H2,1-3H3,(H,25,28). The molecule has 3 aromatic rings. The van der Waals surface area contributed by atoms with Gasteiger partial charge in [-0.3, -0.25) is 9.59 Å². The Morgan fingerprint density at radius 2 is 2.00 bits per heavy atom. The van der Waals surface area contributed by atoms with Crippen molar-refractivity contribution in [3.05, 3.63) is 51.8 Å². The largest absolute Gasteiger partial charge is 0.336 e. The van der Waals surface area contributed by atoms with Gasteiger partial charge in [0.1, 0.15) is 6.54 Å². The summed E-state index contributed by atoms with van der Waals surface area (Å²) in [4.78, 5) is 31.3. The minimum atomic E-state index is -0.358. The van der Waals surface area contributed by atoms with E-state index in [2.05, 4.69) is 15.5 Å². The molecule has 0 bridgehead atoms. The average molecular weight is 449 g/mol. The Morgan fingerprint density at radius 3 is 2.67 bits per heavy atom. The van der Waals surface area contributed by atoms with Crippen molar-refractivity contribution >= 4 is 51.8 Å². The van der Waals surface area contributed by atoms with Crippen molar-refractivity contribution in [1.82, 2.24) is 15.0 Å². The number of aromatic nitrogens is 2. The van der Waals surface area contributed by atoms with Gasteiger partial charge >= 0.3 is 0 Å². The van der Waals surface area contributed by atoms with Gasteiger partial charge < -0.3 is 14.7 Å². The molecule has 158 valence electrons. The smallest absolute Gasteiger partial charge is 0.257 e. The van der Waals surface area contributed by atoms with E-state index in [1.54, 1.807) is 24.3 Å². The number of anilines is 1. The quantitative estimate of drug-likeness (QED) is 0.539. The van der Waals surface area contributed by atoms with Crippen molar-refractivity contribution < 1.29 is 14.1 Å². The second-order valence-electron chi connectivity index (χ2n) is 7.20. The molecular formula is C21H22Cl2N4O3. The Bertz CT molecular complexity index is 1080. The van der Waals surface area contributed by atoms with Crippen LogP contribution in [-0.2, 0) is 4.79 Å². The third-order valence-electron chi connectivity index (χ3n) is 4.47. The van der Waals surface area contributed by atoms with Crippen LogP contribution in [0.4, 0.5) is 5.69 Å². The van der Waals surface area contributed by atoms with E-state index in [1.807, 2.05) is 20.8 Å². The summed E-state index contributed by atoms with van der Waals surface area (Å²) < 4.78 is 5.23. The van der Waals surface area contributed by atoms with Gasteiger partial charge in [-0.15, -0.1) is 0 Å². The van der Waals surface area contributed by atoms with E-state index in [0.29, 0.717) is 45.4 Å². The van der Waals surface area contributed by atoms with Crippen LogP contribution in [0.3, 0.4) is 0 Å². The number of fused-ring (bicyclic) bond motifs is 1. The molecule has 0 aliphatic heterocycles. The van der Waals surface area contributed by atoms with Crippen LogP contribution in [0, 0.1) is 0 Å². The average Bonchev–Trinajstić information content (AvgIpc) is 3.13. The van der Waals surface area contributed by atoms with Crippen molar-refractivity contribution in [2.24, 2.45) is 0 Å². The number of hydrogen-bond donors (Lipinski definition) is 1. The zero-order valence-electron chi connectivity index (χ0n) is 16.9. The minimum absolute atomic E-state index is 0.121. The third kappa shape index (κ3) is 4.91. The SMILES string of the molecule is CCCN(CC(=O)Nc1ccc(Cl)cc1Cl)C(=O)c1cnc2onc(C(C)C)c2c1. The molecule has 9 heteroatoms. The topological polar surface area (TPSA) is 88.3 Å². The monoisotopic (exact) mass is 448 g/mol. The number of hydrogen-bond acceptors (Lipinski definition) is 5. The molecule has 0 radical (unpaired) electrons. The minimum Gasteiger partial charge on any atom is -0.336 e. The lowest BCUT2D eigenvalue weighted by Gasteiger charge is -2.21. The molecule has 0 saturated carbocycles. The van der Waals surface area contributed by atoms with E-state index in [1.165, 1.54) is 11.1 Å². The Hall–Kier alpha value is -2.64. The van der Waals surface area contributed by atoms with Crippen molar-refractivity contribution in [3.63, 3.8) is 0 Å². The number of pyridine rings is 1. The van der Waals surface area contributed by atoms with Crippen LogP contribution in [0.15, 0.2) is 35.0 Å². The maximum Gasteiger partial charge on any atom is 0.257 e. The molecule has 0 atom stereocenters. The van der Waals surface area contributed by atoms with Gasteiger partial charge in [-0.05, 0) is 36.6 Å². The summed E-state index contributed by atoms with van der Waals surface area (Å²) in [5.74, 6) is -0.525. The Balaban J connectivity index is 1.79. The van der Waals surface area contributed by atoms with Crippen molar-refractivity contribution in [1.29, 1.82) is 0 Å². The maximum absolute atomic E-state index is 13.1. The molecule has 1 N–H and O–H groups in total. The van der Waals surface area contributed by atoms with E-state index < -0.39 is 0 Å². The van der Waals surface area contributed by atoms with Crippen LogP contribution in [0.5, 0.6) is 0 Å². The molecule has 0 aliphatic rings. The van der Waals surface area contributed by atoms with Gasteiger partial charge in [0.15, 0.2) is 0 Å². The van der Waals surface area contributed by atoms with Gasteiger partial charge in [0.05, 0.1) is 27.4 Å². The number of carbonyl (C=O) groups excluding carboxylic acids is 2. The molecule has 2 heterocycles. The van der Waals surface area contributed by atoms with Gasteiger partial charge in [0.25, 0.3) is 11.6 Å². The number of carbonyl (C=O) groups is 2. The van der Waals surface area contributed by atoms with Crippen LogP contribution >= 0.6 is 23.2 Å². The van der Waals surface area contributed by atoms with E-state index in [9.17, 15) is 9.59 Å². The van der Waals surface area contributed by atoms with Crippen molar-refractivity contribution in [3.8, 4) is 0 Å². The fourth-order valence-corrected chi connectivity index (χ4v) is 3.50. The summed E-state index contributed by atoms with van der Waals surface area (Å²) in [5.41, 5.74) is 1.93. The fraction of sp³-hybridized carbons (Fsp3) is 0.333. The Labute approximate surface area is 184 Å². The molecule has 0 fully saturated rings. The molecule has 0 aliphatic carbocycles. The lowest BCUT2D eigenvalue weighted by atomic mass is 10.1. The van der Waals surface area contributed by atoms with Crippen LogP contribution in [0.25, 0.3) is 11.1 Å². The molecule has 1 aromatic carbocycles. The highest BCUT2D eigenvalue weighted by Crippen LogP contribution is 2.26. The summed E-state index contributed by atoms with van der Waals surface area (Å²) in [7, 11) is 0. The number of nitrogens with zero attached hydrogens (tertiary/aromatic N) is 3. The first-order valence-corrected chi connectivity index (χ1v) is 10.3. The molecule has 0 unspecified atom stereocenters. The van der Waals surface area contributed by atoms with Crippen molar-refractivity contribution in [2.45, 2.75) is 33.1 Å². The summed E-state index contributed by atoms with van der Waals surface area (Å²) in [6.45, 7) is 6.21. The second kappa shape index (κ2) is 9.45. The predicted octanol–water partition coefficient (Wildman–Crippen LogP) is 5.14. The van der Waals surface area contributed by atoms with Crippen LogP contribution in [0.1, 0.15) is 49.2 Å². The van der Waals surface area contributed by atoms with E-state index in [-0.39, 0.29) is 24.3 Å². The normalized spacial score (nSPS) is 11.1. The van der Waals surface area contributed by atoms with E-state index in [4.69, 9.17) is 27.7 Å². The van der Waals surface area contributed by atoms with Gasteiger partial charge in [0, 0.05) is 17.8 Å². The highest BCUT2D eigenvalue weighted by Gasteiger charge is 2.21. The van der Waals surface area contributed by atoms with Crippen LogP contribution in [-0.4, -0.2) is 39.9 Å². The zero-order chi connectivity index (χ0) is 21.8. The Morgan fingerprint density at radius 1 is 1.23 bits per heavy atom. The predicted molar refractivity (Wildman–Crippen MR) is 117 cm³/mol. The second-order valence-corrected chi connectivity index (χ2v) is 8.04. The van der Waals surface area contributed by atoms with Gasteiger partial charge in [0.2, 0.25) is 5.91 Å². The van der Waals surface area contributed by atoms with E-state index >= 15 is 0 Å². The molecular weight excluding hydrogens is 427 g/mol. The first-order valence-electron chi connectivity index (χ1n) is 9.59. The van der Waals surface area contributed by atoms with Gasteiger partial charge in [-0.2, -0.15) is 0 Å². The number of rotatable bonds is 7. The number of halogens is 2. The van der Waals surface area contributed by atoms with Crippen LogP contribution < -0.4 is 5.32 Å². The molecule has 7 nitrogen and oxygen atoms in total. The Kier molecular flexibility index (Phi) is 6.95. The van der Waals surface area contributed by atoms with Crippen LogP contribution in [0.2, 0.25) is 10.0 Å². The molecule has 2 aromatic heterocycles. The molecule has 0 spiro atoms. The number of nitrogens with one attached hydrogen (secondary N) is 1. The lowest BCUT2D eigenvalue weighted by Crippen LogP contribution is -2.38. The first kappa shape index (κ1) is 22.1. The van der Waals surface area contributed by atoms with E-state index in [0.717, 1.165) is 5.69 Å². The lowest BCUT2D eigenvalue weighted by molar-refractivity contribution is -0.116. The summed E-state index contributed by atoms with van der Waals surface area (Å²) in [6, 6.07) is 6.50. The van der Waals surface area contributed by atoms with Crippen molar-refractivity contribution in [2.75, 3.05) is 18.4 Å². The molecule has 30 heavy (non-hydrogen) atoms. The highest BCUT2D eigenvalue weighted by atomic mass is 35.5. The molecule has 0 saturated heterocycles. The zero-order valence-corrected chi connectivity index (χ0v) is 18.4. The summed E-state index contributed by atoms with van der Waals surface area (Å²) in [5, 5.41) is 8.25. The highest BCUT2D eigenvalue weighted by molar-refractivity contribution is 6.36. The first-order chi connectivity index (χ1) is 14.3. The third-order valence-corrected chi connectivity index (χ3v) is 5.02. The van der Waals surface area contributed by atoms with Gasteiger partial charge in [-0.1, -0.05) is 49.1 Å². The summed E-state index contributed by atoms with van der Waals surface area (Å²) >= 11 is 12.0. The maximum atomic E-state index is 13.1. The molecule has 2 amide bonds. The summed E-state index contributed by atoms with van der Waals surface area (Å²) in [6.07, 6.45) is 2.14. The number of benzene rings is 1. The van der Waals surface area contributed by atoms with Gasteiger partial charge in [-0.25, -0.2) is 4.98 Å². The molecule has 3 rings (SSSR count).